The number of allylic oxidation sites excluding steroid dienone is 4. The van der Waals surface area contributed by atoms with Crippen molar-refractivity contribution in [1.29, 1.82) is 0 Å². The summed E-state index contributed by atoms with van der Waals surface area (Å²) in [6, 6.07) is 0. The first-order valence-electron chi connectivity index (χ1n) is 2.92. The molecule has 0 bridgehead atoms. The number of ketones is 1. The fourth-order valence-electron chi connectivity index (χ4n) is 0.898. The average Bonchev–Trinajstić information content (AvgIpc) is 2.36. The number of carbonyl (C=O) groups is 1. The van der Waals surface area contributed by atoms with Crippen LogP contribution in [0.25, 0.3) is 0 Å². The van der Waals surface area contributed by atoms with Crippen molar-refractivity contribution in [3.8, 4) is 0 Å². The number of rotatable bonds is 0. The van der Waals surface area contributed by atoms with Crippen LogP contribution in [0.1, 0.15) is 0 Å². The molecule has 0 spiro atoms. The molecule has 3 nitrogen and oxygen atoms in total. The molecule has 0 aromatic carbocycles. The molecule has 0 unspecified atom stereocenters. The Labute approximate surface area is 83.7 Å². The fraction of sp³-hybridized carbons (Fsp3) is 0. The molecule has 2 aliphatic rings. The van der Waals surface area contributed by atoms with Gasteiger partial charge in [-0.05, 0) is 12.2 Å². The summed E-state index contributed by atoms with van der Waals surface area (Å²) in [6.07, 6.45) is 6.44. The van der Waals surface area contributed by atoms with Crippen LogP contribution in [-0.2, 0) is 4.79 Å². The van der Waals surface area contributed by atoms with E-state index in [4.69, 9.17) is 0 Å². The van der Waals surface area contributed by atoms with Gasteiger partial charge in [-0.1, -0.05) is 6.08 Å². The third kappa shape index (κ3) is 1.37. The average molecular weight is 341 g/mol. The molecule has 0 amide bonds. The first kappa shape index (κ1) is 8.51. The van der Waals surface area contributed by atoms with Gasteiger partial charge >= 0.3 is 27.3 Å². The number of nitrogens with zero attached hydrogens (tertiary/aromatic N) is 2. The van der Waals surface area contributed by atoms with Crippen LogP contribution in [0.5, 0.6) is 0 Å². The molecule has 0 N–H and O–H groups in total. The summed E-state index contributed by atoms with van der Waals surface area (Å²) in [6.45, 7) is 0. The fourth-order valence-corrected chi connectivity index (χ4v) is 0.898. The van der Waals surface area contributed by atoms with Crippen molar-refractivity contribution in [3.05, 3.63) is 35.7 Å². The molecule has 0 saturated heterocycles. The first-order chi connectivity index (χ1) is 4.88. The van der Waals surface area contributed by atoms with E-state index in [1.165, 1.54) is 12.3 Å². The summed E-state index contributed by atoms with van der Waals surface area (Å²) in [5.74, 6) is -0.0116. The van der Waals surface area contributed by atoms with E-state index in [-0.39, 0.29) is 33.1 Å². The Bertz CT molecular complexity index is 306. The second-order valence-electron chi connectivity index (χ2n) is 2.03. The topological polar surface area (TPSA) is 41.8 Å². The van der Waals surface area contributed by atoms with E-state index >= 15 is 0 Å². The van der Waals surface area contributed by atoms with E-state index in [0.29, 0.717) is 11.3 Å². The maximum atomic E-state index is 11.0. The summed E-state index contributed by atoms with van der Waals surface area (Å²) >= 11 is 0. The second-order valence-corrected chi connectivity index (χ2v) is 2.03. The van der Waals surface area contributed by atoms with Crippen LogP contribution in [-0.4, -0.2) is 33.1 Å². The monoisotopic (exact) mass is 342 g/mol. The van der Waals surface area contributed by atoms with E-state index in [2.05, 4.69) is 10.2 Å². The Hall–Kier alpha value is -0.588. The number of hydrogen-bond acceptors (Lipinski definition) is 3. The minimum atomic E-state index is -0.0116. The van der Waals surface area contributed by atoms with Gasteiger partial charge in [0.1, 0.15) is 0 Å². The SMILES string of the molecule is O=C1C=CC=C2N=NC=C12.[PbH2]. The molecule has 0 atom stereocenters. The van der Waals surface area contributed by atoms with Gasteiger partial charge in [0, 0.05) is 0 Å². The van der Waals surface area contributed by atoms with Crippen LogP contribution in [0.15, 0.2) is 45.9 Å². The van der Waals surface area contributed by atoms with Gasteiger partial charge in [-0.3, -0.25) is 4.79 Å². The molecule has 2 radical (unpaired) electrons. The molecule has 1 aliphatic carbocycles. The van der Waals surface area contributed by atoms with Crippen molar-refractivity contribution in [2.45, 2.75) is 0 Å². The molecule has 4 heteroatoms. The standard InChI is InChI=1S/C7H4N2O.Pb.2H/c10-7-3-1-2-6-5(7)4-8-9-6;;;/h1-4H;;;. The van der Waals surface area contributed by atoms with E-state index in [1.807, 2.05) is 0 Å². The van der Waals surface area contributed by atoms with Crippen molar-refractivity contribution in [3.63, 3.8) is 0 Å². The van der Waals surface area contributed by atoms with Crippen LogP contribution in [0, 0.1) is 0 Å². The Morgan fingerprint density at radius 1 is 1.36 bits per heavy atom. The van der Waals surface area contributed by atoms with E-state index < -0.39 is 0 Å². The molecule has 0 aromatic rings. The van der Waals surface area contributed by atoms with E-state index in [9.17, 15) is 4.79 Å². The zero-order valence-electron chi connectivity index (χ0n) is 5.82. The van der Waals surface area contributed by atoms with Crippen molar-refractivity contribution in [2.75, 3.05) is 0 Å². The first-order valence-corrected chi connectivity index (χ1v) is 2.92. The van der Waals surface area contributed by atoms with Crippen molar-refractivity contribution in [2.24, 2.45) is 10.2 Å². The number of hydrogen-bond donors (Lipinski definition) is 0. The quantitative estimate of drug-likeness (QED) is 0.590. The Morgan fingerprint density at radius 2 is 2.18 bits per heavy atom. The van der Waals surface area contributed by atoms with Crippen LogP contribution in [0.3, 0.4) is 0 Å². The zero-order valence-corrected chi connectivity index (χ0v) is 11.3. The van der Waals surface area contributed by atoms with E-state index in [1.54, 1.807) is 12.2 Å². The summed E-state index contributed by atoms with van der Waals surface area (Å²) in [5, 5.41) is 7.34. The van der Waals surface area contributed by atoms with Crippen LogP contribution in [0.4, 0.5) is 0 Å². The predicted molar refractivity (Wildman–Crippen MR) is 43.7 cm³/mol. The van der Waals surface area contributed by atoms with Gasteiger partial charge in [-0.25, -0.2) is 0 Å². The molecule has 2 rings (SSSR count). The summed E-state index contributed by atoms with van der Waals surface area (Å²) < 4.78 is 0. The zero-order chi connectivity index (χ0) is 6.97. The second kappa shape index (κ2) is 3.21. The summed E-state index contributed by atoms with van der Waals surface area (Å²) in [4.78, 5) is 11.0. The Morgan fingerprint density at radius 3 is 2.91 bits per heavy atom. The summed E-state index contributed by atoms with van der Waals surface area (Å²) in [5.41, 5.74) is 1.27. The third-order valence-corrected chi connectivity index (χ3v) is 1.40. The molecule has 0 fully saturated rings. The molecular weight excluding hydrogens is 335 g/mol. The van der Waals surface area contributed by atoms with Crippen LogP contribution >= 0.6 is 0 Å². The minimum absolute atomic E-state index is 0. The molecule has 1 aliphatic heterocycles. The molecule has 0 aromatic heterocycles. The van der Waals surface area contributed by atoms with E-state index in [0.717, 1.165) is 0 Å². The molecule has 0 saturated carbocycles. The number of carbonyl (C=O) groups excluding carboxylic acids is 1. The van der Waals surface area contributed by atoms with Gasteiger partial charge < -0.3 is 0 Å². The van der Waals surface area contributed by atoms with Gasteiger partial charge in [-0.15, -0.1) is 0 Å². The van der Waals surface area contributed by atoms with Gasteiger partial charge in [0.2, 0.25) is 0 Å². The van der Waals surface area contributed by atoms with Gasteiger partial charge in [0.05, 0.1) is 17.5 Å². The summed E-state index contributed by atoms with van der Waals surface area (Å²) in [7, 11) is 0. The Kier molecular flexibility index (Phi) is 2.48. The molecule has 1 heterocycles. The van der Waals surface area contributed by atoms with Gasteiger partial charge in [0.15, 0.2) is 5.78 Å². The predicted octanol–water partition coefficient (Wildman–Crippen LogP) is 0.443. The van der Waals surface area contributed by atoms with Gasteiger partial charge in [-0.2, -0.15) is 10.2 Å². The van der Waals surface area contributed by atoms with Crippen molar-refractivity contribution >= 4 is 33.1 Å². The number of azo groups is 1. The van der Waals surface area contributed by atoms with Gasteiger partial charge in [0.25, 0.3) is 0 Å². The number of fused-ring (bicyclic) bond motifs is 1. The maximum absolute atomic E-state index is 11.0. The van der Waals surface area contributed by atoms with Crippen molar-refractivity contribution in [1.82, 2.24) is 0 Å². The third-order valence-electron chi connectivity index (χ3n) is 1.40. The Balaban J connectivity index is 0.000000605. The molecular formula is C7H6N2OPb. The van der Waals surface area contributed by atoms with Crippen LogP contribution < -0.4 is 0 Å². The van der Waals surface area contributed by atoms with Crippen LogP contribution in [0.2, 0.25) is 0 Å². The molecule has 11 heavy (non-hydrogen) atoms. The normalized spacial score (nSPS) is 18.7. The van der Waals surface area contributed by atoms with Crippen molar-refractivity contribution < 1.29 is 4.79 Å². The molecule has 54 valence electrons.